The van der Waals surface area contributed by atoms with Crippen LogP contribution in [0.25, 0.3) is 0 Å². The largest absolute Gasteiger partial charge is 0.497 e. The van der Waals surface area contributed by atoms with Crippen molar-refractivity contribution < 1.29 is 14.4 Å². The zero-order valence-corrected chi connectivity index (χ0v) is 14.0. The number of amides is 1. The number of hydrogen-bond acceptors (Lipinski definition) is 2. The SMILES string of the molecule is COc1ccc(C[NH+](C)CC(=O)N[C@H]2CCCC[C@H]2C)cc1. The molecule has 2 rings (SSSR count). The Balaban J connectivity index is 1.77. The number of rotatable bonds is 6. The van der Waals surface area contributed by atoms with Crippen LogP contribution in [0.4, 0.5) is 0 Å². The molecule has 0 aliphatic heterocycles. The van der Waals surface area contributed by atoms with Gasteiger partial charge in [-0.1, -0.05) is 19.8 Å². The van der Waals surface area contributed by atoms with Gasteiger partial charge in [0.05, 0.1) is 14.2 Å². The molecular formula is C18H29N2O2+. The fourth-order valence-corrected chi connectivity index (χ4v) is 3.22. The van der Waals surface area contributed by atoms with Crippen LogP contribution in [0.5, 0.6) is 5.75 Å². The van der Waals surface area contributed by atoms with Gasteiger partial charge < -0.3 is 15.0 Å². The first-order valence-electron chi connectivity index (χ1n) is 8.32. The number of quaternary nitrogens is 1. The summed E-state index contributed by atoms with van der Waals surface area (Å²) in [6.45, 7) is 3.62. The predicted molar refractivity (Wildman–Crippen MR) is 88.0 cm³/mol. The summed E-state index contributed by atoms with van der Waals surface area (Å²) in [4.78, 5) is 13.4. The minimum Gasteiger partial charge on any atom is -0.497 e. The average molecular weight is 305 g/mol. The van der Waals surface area contributed by atoms with Gasteiger partial charge in [-0.25, -0.2) is 0 Å². The topological polar surface area (TPSA) is 42.8 Å². The van der Waals surface area contributed by atoms with Crippen molar-refractivity contribution in [3.8, 4) is 5.75 Å². The van der Waals surface area contributed by atoms with Crippen LogP contribution < -0.4 is 15.0 Å². The van der Waals surface area contributed by atoms with Gasteiger partial charge in [-0.2, -0.15) is 0 Å². The van der Waals surface area contributed by atoms with Gasteiger partial charge in [0.15, 0.2) is 6.54 Å². The van der Waals surface area contributed by atoms with E-state index in [4.69, 9.17) is 4.74 Å². The third-order valence-corrected chi connectivity index (χ3v) is 4.59. The van der Waals surface area contributed by atoms with E-state index >= 15 is 0 Å². The van der Waals surface area contributed by atoms with Gasteiger partial charge in [-0.05, 0) is 43.0 Å². The standard InChI is InChI=1S/C18H28N2O2/c1-14-6-4-5-7-17(14)19-18(21)13-20(2)12-15-8-10-16(22-3)11-9-15/h8-11,14,17H,4-7,12-13H2,1-3H3,(H,19,21)/p+1/t14-,17+/m1/s1. The zero-order chi connectivity index (χ0) is 15.9. The molecule has 1 saturated carbocycles. The summed E-state index contributed by atoms with van der Waals surface area (Å²) >= 11 is 0. The summed E-state index contributed by atoms with van der Waals surface area (Å²) in [7, 11) is 3.73. The number of carbonyl (C=O) groups is 1. The van der Waals surface area contributed by atoms with E-state index in [1.54, 1.807) is 7.11 Å². The highest BCUT2D eigenvalue weighted by atomic mass is 16.5. The van der Waals surface area contributed by atoms with Crippen molar-refractivity contribution >= 4 is 5.91 Å². The van der Waals surface area contributed by atoms with Crippen LogP contribution in [0.3, 0.4) is 0 Å². The normalized spacial score (nSPS) is 22.9. The summed E-state index contributed by atoms with van der Waals surface area (Å²) in [6.07, 6.45) is 4.91. The smallest absolute Gasteiger partial charge is 0.275 e. The fraction of sp³-hybridized carbons (Fsp3) is 0.611. The van der Waals surface area contributed by atoms with Crippen molar-refractivity contribution in [3.05, 3.63) is 29.8 Å². The Kier molecular flexibility index (Phi) is 6.25. The lowest BCUT2D eigenvalue weighted by Crippen LogP contribution is -3.09. The lowest BCUT2D eigenvalue weighted by molar-refractivity contribution is -0.885. The van der Waals surface area contributed by atoms with E-state index < -0.39 is 0 Å². The first-order valence-corrected chi connectivity index (χ1v) is 8.32. The van der Waals surface area contributed by atoms with E-state index in [0.717, 1.165) is 18.7 Å². The van der Waals surface area contributed by atoms with Crippen molar-refractivity contribution in [2.24, 2.45) is 5.92 Å². The molecule has 0 heterocycles. The first-order chi connectivity index (χ1) is 10.6. The van der Waals surface area contributed by atoms with E-state index in [1.807, 2.05) is 12.1 Å². The Morgan fingerprint density at radius 2 is 1.95 bits per heavy atom. The predicted octanol–water partition coefficient (Wildman–Crippen LogP) is 1.40. The van der Waals surface area contributed by atoms with Gasteiger partial charge >= 0.3 is 0 Å². The zero-order valence-electron chi connectivity index (χ0n) is 14.0. The molecule has 0 aromatic heterocycles. The lowest BCUT2D eigenvalue weighted by atomic mass is 9.86. The molecular weight excluding hydrogens is 276 g/mol. The molecule has 1 fully saturated rings. The number of ether oxygens (including phenoxy) is 1. The molecule has 1 aromatic carbocycles. The van der Waals surface area contributed by atoms with E-state index in [2.05, 4.69) is 31.4 Å². The number of carbonyl (C=O) groups excluding carboxylic acids is 1. The van der Waals surface area contributed by atoms with Gasteiger partial charge in [-0.15, -0.1) is 0 Å². The molecule has 1 aliphatic carbocycles. The molecule has 1 aromatic rings. The summed E-state index contributed by atoms with van der Waals surface area (Å²) in [5.74, 6) is 1.65. The number of likely N-dealkylation sites (N-methyl/N-ethyl adjacent to an activating group) is 1. The van der Waals surface area contributed by atoms with E-state index in [0.29, 0.717) is 18.5 Å². The molecule has 3 atom stereocenters. The van der Waals surface area contributed by atoms with Gasteiger partial charge in [-0.3, -0.25) is 4.79 Å². The highest BCUT2D eigenvalue weighted by molar-refractivity contribution is 5.77. The highest BCUT2D eigenvalue weighted by Gasteiger charge is 2.23. The maximum atomic E-state index is 12.2. The third kappa shape index (κ3) is 5.02. The number of hydrogen-bond donors (Lipinski definition) is 2. The molecule has 4 nitrogen and oxygen atoms in total. The Morgan fingerprint density at radius 3 is 2.59 bits per heavy atom. The monoisotopic (exact) mass is 305 g/mol. The quantitative estimate of drug-likeness (QED) is 0.834. The van der Waals surface area contributed by atoms with Gasteiger partial charge in [0.25, 0.3) is 5.91 Å². The summed E-state index contributed by atoms with van der Waals surface area (Å²) in [5.41, 5.74) is 1.22. The Morgan fingerprint density at radius 1 is 1.27 bits per heavy atom. The van der Waals surface area contributed by atoms with Crippen LogP contribution in [0.15, 0.2) is 24.3 Å². The van der Waals surface area contributed by atoms with Crippen molar-refractivity contribution in [2.45, 2.75) is 45.2 Å². The molecule has 22 heavy (non-hydrogen) atoms. The Labute approximate surface area is 133 Å². The Bertz CT molecular complexity index is 472. The minimum absolute atomic E-state index is 0.171. The van der Waals surface area contributed by atoms with Crippen LogP contribution >= 0.6 is 0 Å². The van der Waals surface area contributed by atoms with Crippen LogP contribution in [0.1, 0.15) is 38.2 Å². The summed E-state index contributed by atoms with van der Waals surface area (Å²) < 4.78 is 5.16. The van der Waals surface area contributed by atoms with Gasteiger partial charge in [0, 0.05) is 11.6 Å². The summed E-state index contributed by atoms with van der Waals surface area (Å²) in [6, 6.07) is 8.42. The molecule has 0 spiro atoms. The fourth-order valence-electron chi connectivity index (χ4n) is 3.22. The molecule has 2 N–H and O–H groups in total. The van der Waals surface area contributed by atoms with E-state index in [-0.39, 0.29) is 5.91 Å². The molecule has 4 heteroatoms. The molecule has 122 valence electrons. The van der Waals surface area contributed by atoms with Crippen molar-refractivity contribution in [1.82, 2.24) is 5.32 Å². The molecule has 1 amide bonds. The van der Waals surface area contributed by atoms with Crippen LogP contribution in [0, 0.1) is 5.92 Å². The van der Waals surface area contributed by atoms with Crippen molar-refractivity contribution in [2.75, 3.05) is 20.7 Å². The molecule has 0 bridgehead atoms. The van der Waals surface area contributed by atoms with Gasteiger partial charge in [0.1, 0.15) is 12.3 Å². The van der Waals surface area contributed by atoms with E-state index in [9.17, 15) is 4.79 Å². The van der Waals surface area contributed by atoms with Crippen molar-refractivity contribution in [3.63, 3.8) is 0 Å². The lowest BCUT2D eigenvalue weighted by Gasteiger charge is -2.29. The third-order valence-electron chi connectivity index (χ3n) is 4.59. The average Bonchev–Trinajstić information content (AvgIpc) is 2.50. The Hall–Kier alpha value is -1.55. The summed E-state index contributed by atoms with van der Waals surface area (Å²) in [5, 5.41) is 3.22. The second-order valence-corrected chi connectivity index (χ2v) is 6.59. The molecule has 1 aliphatic rings. The van der Waals surface area contributed by atoms with Crippen LogP contribution in [0.2, 0.25) is 0 Å². The second kappa shape index (κ2) is 8.18. The number of benzene rings is 1. The molecule has 0 saturated heterocycles. The minimum atomic E-state index is 0.171. The van der Waals surface area contributed by atoms with E-state index in [1.165, 1.54) is 29.7 Å². The van der Waals surface area contributed by atoms with Crippen LogP contribution in [-0.2, 0) is 11.3 Å². The maximum Gasteiger partial charge on any atom is 0.275 e. The van der Waals surface area contributed by atoms with Gasteiger partial charge in [0.2, 0.25) is 0 Å². The number of methoxy groups -OCH3 is 1. The maximum absolute atomic E-state index is 12.2. The second-order valence-electron chi connectivity index (χ2n) is 6.59. The first kappa shape index (κ1) is 16.8. The molecule has 0 radical (unpaired) electrons. The van der Waals surface area contributed by atoms with Crippen molar-refractivity contribution in [1.29, 1.82) is 0 Å². The molecule has 1 unspecified atom stereocenters. The highest BCUT2D eigenvalue weighted by Crippen LogP contribution is 2.23. The number of nitrogens with one attached hydrogen (secondary N) is 2. The van der Waals surface area contributed by atoms with Crippen LogP contribution in [-0.4, -0.2) is 32.7 Å².